The van der Waals surface area contributed by atoms with Crippen LogP contribution < -0.4 is 10.5 Å². The van der Waals surface area contributed by atoms with Crippen LogP contribution in [0.25, 0.3) is 0 Å². The fourth-order valence-electron chi connectivity index (χ4n) is 3.47. The van der Waals surface area contributed by atoms with Crippen LogP contribution in [-0.2, 0) is 0 Å². The van der Waals surface area contributed by atoms with Crippen LogP contribution in [0.2, 0.25) is 5.02 Å². The molecule has 0 bridgehead atoms. The van der Waals surface area contributed by atoms with E-state index in [0.717, 1.165) is 24.1 Å². The number of nitrogens with two attached hydrogens (primary N) is 1. The molecule has 1 fully saturated rings. The number of hydrogen-bond acceptors (Lipinski definition) is 2. The van der Waals surface area contributed by atoms with Crippen molar-refractivity contribution in [2.24, 2.45) is 23.5 Å². The Morgan fingerprint density at radius 3 is 2.70 bits per heavy atom. The molecule has 3 heteroatoms. The first-order valence-corrected chi connectivity index (χ1v) is 7.98. The van der Waals surface area contributed by atoms with E-state index in [0.29, 0.717) is 16.9 Å². The van der Waals surface area contributed by atoms with Gasteiger partial charge in [-0.15, -0.1) is 0 Å². The molecular weight excluding hydrogens is 270 g/mol. The predicted molar refractivity (Wildman–Crippen MR) is 85.5 cm³/mol. The van der Waals surface area contributed by atoms with Crippen molar-refractivity contribution >= 4 is 11.6 Å². The topological polar surface area (TPSA) is 35.2 Å². The van der Waals surface area contributed by atoms with Crippen molar-refractivity contribution in [1.29, 1.82) is 0 Å². The fraction of sp³-hybridized carbons (Fsp3) is 0.647. The lowest BCUT2D eigenvalue weighted by molar-refractivity contribution is 0.197. The molecular formula is C17H26ClNO. The molecule has 20 heavy (non-hydrogen) atoms. The van der Waals surface area contributed by atoms with Gasteiger partial charge >= 0.3 is 0 Å². The highest BCUT2D eigenvalue weighted by molar-refractivity contribution is 6.32. The third kappa shape index (κ3) is 3.29. The standard InChI is InChI=1S/C17H26ClNO/c1-11(2)12-4-5-14(10-19)15(8-12)13-6-7-16(18)17(9-13)20-3/h6-7,9,11-12,14-15H,4-5,8,10,19H2,1-3H3. The summed E-state index contributed by atoms with van der Waals surface area (Å²) in [5.74, 6) is 3.42. The second-order valence-corrected chi connectivity index (χ2v) is 6.72. The van der Waals surface area contributed by atoms with Crippen molar-refractivity contribution in [3.05, 3.63) is 28.8 Å². The lowest BCUT2D eigenvalue weighted by Gasteiger charge is -2.38. The van der Waals surface area contributed by atoms with Gasteiger partial charge in [0.05, 0.1) is 12.1 Å². The van der Waals surface area contributed by atoms with Gasteiger partial charge < -0.3 is 10.5 Å². The van der Waals surface area contributed by atoms with Crippen molar-refractivity contribution in [2.75, 3.05) is 13.7 Å². The summed E-state index contributed by atoms with van der Waals surface area (Å²) in [5, 5.41) is 0.678. The zero-order valence-electron chi connectivity index (χ0n) is 12.7. The summed E-state index contributed by atoms with van der Waals surface area (Å²) in [4.78, 5) is 0. The lowest BCUT2D eigenvalue weighted by Crippen LogP contribution is -2.30. The van der Waals surface area contributed by atoms with E-state index in [9.17, 15) is 0 Å². The quantitative estimate of drug-likeness (QED) is 0.890. The number of benzene rings is 1. The number of rotatable bonds is 4. The summed E-state index contributed by atoms with van der Waals surface area (Å²) in [6.45, 7) is 5.42. The molecule has 0 heterocycles. The molecule has 1 aliphatic carbocycles. The van der Waals surface area contributed by atoms with E-state index in [-0.39, 0.29) is 0 Å². The average molecular weight is 296 g/mol. The molecule has 0 saturated heterocycles. The summed E-state index contributed by atoms with van der Waals surface area (Å²) in [5.41, 5.74) is 7.32. The first-order valence-electron chi connectivity index (χ1n) is 7.60. The molecule has 0 amide bonds. The number of methoxy groups -OCH3 is 1. The molecule has 112 valence electrons. The fourth-order valence-corrected chi connectivity index (χ4v) is 3.66. The van der Waals surface area contributed by atoms with E-state index in [4.69, 9.17) is 22.1 Å². The summed E-state index contributed by atoms with van der Waals surface area (Å²) in [7, 11) is 1.67. The van der Waals surface area contributed by atoms with Crippen molar-refractivity contribution < 1.29 is 4.74 Å². The van der Waals surface area contributed by atoms with Crippen molar-refractivity contribution in [1.82, 2.24) is 0 Å². The van der Waals surface area contributed by atoms with Gasteiger partial charge in [0, 0.05) is 0 Å². The van der Waals surface area contributed by atoms with Crippen molar-refractivity contribution in [2.45, 2.75) is 39.0 Å². The normalized spacial score (nSPS) is 26.8. The molecule has 3 unspecified atom stereocenters. The SMILES string of the molecule is COc1cc(C2CC(C(C)C)CCC2CN)ccc1Cl. The Hall–Kier alpha value is -0.730. The highest BCUT2D eigenvalue weighted by Gasteiger charge is 2.32. The molecule has 2 nitrogen and oxygen atoms in total. The summed E-state index contributed by atoms with van der Waals surface area (Å²) in [6, 6.07) is 6.18. The Bertz CT molecular complexity index is 447. The summed E-state index contributed by atoms with van der Waals surface area (Å²) < 4.78 is 5.36. The van der Waals surface area contributed by atoms with Gasteiger partial charge in [-0.2, -0.15) is 0 Å². The maximum Gasteiger partial charge on any atom is 0.137 e. The summed E-state index contributed by atoms with van der Waals surface area (Å²) >= 11 is 6.13. The Kier molecular flexibility index (Phi) is 5.34. The lowest BCUT2D eigenvalue weighted by atomic mass is 9.68. The second-order valence-electron chi connectivity index (χ2n) is 6.31. The Balaban J connectivity index is 2.26. The van der Waals surface area contributed by atoms with Gasteiger partial charge in [0.25, 0.3) is 0 Å². The molecule has 2 N–H and O–H groups in total. The third-order valence-electron chi connectivity index (χ3n) is 4.88. The van der Waals surface area contributed by atoms with Crippen LogP contribution in [0.5, 0.6) is 5.75 Å². The molecule has 3 atom stereocenters. The van der Waals surface area contributed by atoms with Gasteiger partial charge in [0.2, 0.25) is 0 Å². The molecule has 1 saturated carbocycles. The van der Waals surface area contributed by atoms with Gasteiger partial charge in [-0.25, -0.2) is 0 Å². The zero-order valence-corrected chi connectivity index (χ0v) is 13.5. The largest absolute Gasteiger partial charge is 0.495 e. The first-order chi connectivity index (χ1) is 9.56. The molecule has 0 spiro atoms. The number of hydrogen-bond donors (Lipinski definition) is 1. The minimum Gasteiger partial charge on any atom is -0.495 e. The first kappa shape index (κ1) is 15.7. The molecule has 1 aliphatic rings. The maximum atomic E-state index is 6.13. The van der Waals surface area contributed by atoms with Crippen molar-refractivity contribution in [3.8, 4) is 5.75 Å². The Morgan fingerprint density at radius 1 is 1.35 bits per heavy atom. The van der Waals surface area contributed by atoms with Crippen LogP contribution in [0.3, 0.4) is 0 Å². The van der Waals surface area contributed by atoms with E-state index >= 15 is 0 Å². The predicted octanol–water partition coefficient (Wildman–Crippen LogP) is 4.46. The highest BCUT2D eigenvalue weighted by Crippen LogP contribution is 2.44. The Labute approximate surface area is 127 Å². The van der Waals surface area contributed by atoms with Crippen LogP contribution in [0.15, 0.2) is 18.2 Å². The zero-order chi connectivity index (χ0) is 14.7. The van der Waals surface area contributed by atoms with Crippen LogP contribution in [0, 0.1) is 17.8 Å². The smallest absolute Gasteiger partial charge is 0.137 e. The second kappa shape index (κ2) is 6.82. The molecule has 0 radical (unpaired) electrons. The third-order valence-corrected chi connectivity index (χ3v) is 5.20. The van der Waals surface area contributed by atoms with Crippen molar-refractivity contribution in [3.63, 3.8) is 0 Å². The van der Waals surface area contributed by atoms with Gasteiger partial charge in [-0.1, -0.05) is 31.5 Å². The van der Waals surface area contributed by atoms with Crippen LogP contribution in [0.1, 0.15) is 44.6 Å². The highest BCUT2D eigenvalue weighted by atomic mass is 35.5. The number of halogens is 1. The van der Waals surface area contributed by atoms with Crippen LogP contribution >= 0.6 is 11.6 Å². The minimum atomic E-state index is 0.535. The van der Waals surface area contributed by atoms with E-state index in [2.05, 4.69) is 26.0 Å². The van der Waals surface area contributed by atoms with Gasteiger partial charge in [0.1, 0.15) is 5.75 Å². The molecule has 2 rings (SSSR count). The van der Waals surface area contributed by atoms with Crippen LogP contribution in [0.4, 0.5) is 0 Å². The van der Waals surface area contributed by atoms with E-state index < -0.39 is 0 Å². The minimum absolute atomic E-state index is 0.535. The molecule has 1 aromatic rings. The van der Waals surface area contributed by atoms with E-state index in [1.54, 1.807) is 7.11 Å². The maximum absolute atomic E-state index is 6.13. The van der Waals surface area contributed by atoms with E-state index in [1.165, 1.54) is 24.8 Å². The molecule has 1 aromatic carbocycles. The van der Waals surface area contributed by atoms with E-state index in [1.807, 2.05) is 6.07 Å². The van der Waals surface area contributed by atoms with Gasteiger partial charge in [-0.3, -0.25) is 0 Å². The number of ether oxygens (including phenoxy) is 1. The Morgan fingerprint density at radius 2 is 2.10 bits per heavy atom. The molecule has 0 aliphatic heterocycles. The average Bonchev–Trinajstić information content (AvgIpc) is 2.47. The summed E-state index contributed by atoms with van der Waals surface area (Å²) in [6.07, 6.45) is 3.76. The van der Waals surface area contributed by atoms with Gasteiger partial charge in [-0.05, 0) is 67.2 Å². The van der Waals surface area contributed by atoms with Crippen LogP contribution in [-0.4, -0.2) is 13.7 Å². The molecule has 0 aromatic heterocycles. The monoisotopic (exact) mass is 295 g/mol. The van der Waals surface area contributed by atoms with Gasteiger partial charge in [0.15, 0.2) is 0 Å².